The zero-order valence-electron chi connectivity index (χ0n) is 8.33. The van der Waals surface area contributed by atoms with Crippen molar-refractivity contribution in [2.75, 3.05) is 13.2 Å². The zero-order chi connectivity index (χ0) is 9.68. The van der Waals surface area contributed by atoms with E-state index in [0.717, 1.165) is 11.3 Å². The second kappa shape index (κ2) is 4.70. The summed E-state index contributed by atoms with van der Waals surface area (Å²) < 4.78 is 10.6. The van der Waals surface area contributed by atoms with Gasteiger partial charge in [-0.3, -0.25) is 0 Å². The van der Waals surface area contributed by atoms with Gasteiger partial charge >= 0.3 is 0 Å². The molecule has 1 rings (SSSR count). The second-order valence-corrected chi connectivity index (χ2v) is 2.66. The number of hydrogen-bond donors (Lipinski definition) is 0. The SMILES string of the molecule is CCOc1cnc(OCC)c(C)c1. The van der Waals surface area contributed by atoms with E-state index in [2.05, 4.69) is 4.98 Å². The lowest BCUT2D eigenvalue weighted by Crippen LogP contribution is -1.98. The van der Waals surface area contributed by atoms with Crippen molar-refractivity contribution in [1.29, 1.82) is 0 Å². The Labute approximate surface area is 78.7 Å². The Kier molecular flexibility index (Phi) is 3.55. The molecule has 3 heteroatoms. The molecule has 3 nitrogen and oxygen atoms in total. The Morgan fingerprint density at radius 3 is 2.46 bits per heavy atom. The summed E-state index contributed by atoms with van der Waals surface area (Å²) in [5, 5.41) is 0. The summed E-state index contributed by atoms with van der Waals surface area (Å²) in [6.07, 6.45) is 1.68. The highest BCUT2D eigenvalue weighted by atomic mass is 16.5. The minimum atomic E-state index is 0.641. The van der Waals surface area contributed by atoms with Crippen LogP contribution in [0, 0.1) is 6.92 Å². The van der Waals surface area contributed by atoms with Gasteiger partial charge in [-0.15, -0.1) is 0 Å². The fraction of sp³-hybridized carbons (Fsp3) is 0.500. The number of aromatic nitrogens is 1. The molecule has 0 atom stereocenters. The topological polar surface area (TPSA) is 31.4 Å². The molecule has 0 saturated carbocycles. The van der Waals surface area contributed by atoms with E-state index in [4.69, 9.17) is 9.47 Å². The molecule has 0 fully saturated rings. The lowest BCUT2D eigenvalue weighted by atomic mass is 10.3. The van der Waals surface area contributed by atoms with E-state index in [1.165, 1.54) is 0 Å². The first-order valence-electron chi connectivity index (χ1n) is 4.50. The molecule has 0 aliphatic rings. The van der Waals surface area contributed by atoms with Gasteiger partial charge in [0.15, 0.2) is 0 Å². The molecule has 0 amide bonds. The van der Waals surface area contributed by atoms with Crippen LogP contribution in [0.25, 0.3) is 0 Å². The maximum absolute atomic E-state index is 5.30. The van der Waals surface area contributed by atoms with Crippen LogP contribution in [-0.4, -0.2) is 18.2 Å². The molecule has 0 saturated heterocycles. The van der Waals surface area contributed by atoms with Crippen molar-refractivity contribution in [1.82, 2.24) is 4.98 Å². The lowest BCUT2D eigenvalue weighted by Gasteiger charge is -2.07. The van der Waals surface area contributed by atoms with Crippen molar-refractivity contribution in [2.24, 2.45) is 0 Å². The van der Waals surface area contributed by atoms with E-state index >= 15 is 0 Å². The molecular formula is C10H15NO2. The third kappa shape index (κ3) is 2.61. The highest BCUT2D eigenvalue weighted by molar-refractivity contribution is 5.31. The standard InChI is InChI=1S/C10H15NO2/c1-4-12-9-6-8(3)10(11-7-9)13-5-2/h6-7H,4-5H2,1-3H3. The molecule has 0 unspecified atom stereocenters. The summed E-state index contributed by atoms with van der Waals surface area (Å²) in [5.74, 6) is 1.48. The number of ether oxygens (including phenoxy) is 2. The molecule has 1 heterocycles. The molecule has 0 aromatic carbocycles. The third-order valence-corrected chi connectivity index (χ3v) is 1.60. The minimum absolute atomic E-state index is 0.641. The molecular weight excluding hydrogens is 166 g/mol. The van der Waals surface area contributed by atoms with Gasteiger partial charge in [-0.05, 0) is 26.8 Å². The van der Waals surface area contributed by atoms with Gasteiger partial charge in [-0.2, -0.15) is 0 Å². The van der Waals surface area contributed by atoms with E-state index in [0.29, 0.717) is 19.1 Å². The summed E-state index contributed by atoms with van der Waals surface area (Å²) in [5.41, 5.74) is 1.01. The average Bonchev–Trinajstić information content (AvgIpc) is 2.10. The van der Waals surface area contributed by atoms with E-state index in [-0.39, 0.29) is 0 Å². The van der Waals surface area contributed by atoms with Crippen LogP contribution in [0.4, 0.5) is 0 Å². The van der Waals surface area contributed by atoms with Crippen LogP contribution in [0.5, 0.6) is 11.6 Å². The van der Waals surface area contributed by atoms with Gasteiger partial charge in [-0.1, -0.05) is 0 Å². The maximum Gasteiger partial charge on any atom is 0.216 e. The van der Waals surface area contributed by atoms with Gasteiger partial charge in [0.25, 0.3) is 0 Å². The Balaban J connectivity index is 2.79. The zero-order valence-corrected chi connectivity index (χ0v) is 8.33. The minimum Gasteiger partial charge on any atom is -0.492 e. The Morgan fingerprint density at radius 2 is 1.92 bits per heavy atom. The van der Waals surface area contributed by atoms with E-state index in [1.54, 1.807) is 6.20 Å². The molecule has 0 radical (unpaired) electrons. The molecule has 0 aliphatic heterocycles. The van der Waals surface area contributed by atoms with Crippen molar-refractivity contribution >= 4 is 0 Å². The van der Waals surface area contributed by atoms with Crippen LogP contribution in [-0.2, 0) is 0 Å². The largest absolute Gasteiger partial charge is 0.492 e. The molecule has 1 aromatic rings. The van der Waals surface area contributed by atoms with Gasteiger partial charge in [0.05, 0.1) is 19.4 Å². The first kappa shape index (κ1) is 9.84. The highest BCUT2D eigenvalue weighted by Gasteiger charge is 2.01. The molecule has 13 heavy (non-hydrogen) atoms. The van der Waals surface area contributed by atoms with Gasteiger partial charge in [0.1, 0.15) is 5.75 Å². The van der Waals surface area contributed by atoms with Crippen LogP contribution in [0.15, 0.2) is 12.3 Å². The molecule has 0 bridgehead atoms. The van der Waals surface area contributed by atoms with Crippen molar-refractivity contribution < 1.29 is 9.47 Å². The monoisotopic (exact) mass is 181 g/mol. The summed E-state index contributed by atoms with van der Waals surface area (Å²) in [4.78, 5) is 4.14. The maximum atomic E-state index is 5.30. The molecule has 0 spiro atoms. The third-order valence-electron chi connectivity index (χ3n) is 1.60. The normalized spacial score (nSPS) is 9.77. The Bertz CT molecular complexity index is 274. The van der Waals surface area contributed by atoms with Crippen LogP contribution in [0.2, 0.25) is 0 Å². The Hall–Kier alpha value is -1.25. The summed E-state index contributed by atoms with van der Waals surface area (Å²) in [7, 11) is 0. The number of nitrogens with zero attached hydrogens (tertiary/aromatic N) is 1. The van der Waals surface area contributed by atoms with Crippen LogP contribution < -0.4 is 9.47 Å². The van der Waals surface area contributed by atoms with Gasteiger partial charge < -0.3 is 9.47 Å². The molecule has 1 aromatic heterocycles. The smallest absolute Gasteiger partial charge is 0.216 e. The van der Waals surface area contributed by atoms with Crippen LogP contribution in [0.1, 0.15) is 19.4 Å². The number of pyridine rings is 1. The summed E-state index contributed by atoms with van der Waals surface area (Å²) in [6.45, 7) is 7.15. The summed E-state index contributed by atoms with van der Waals surface area (Å²) in [6, 6.07) is 1.93. The van der Waals surface area contributed by atoms with Crippen LogP contribution in [0.3, 0.4) is 0 Å². The molecule has 0 aliphatic carbocycles. The van der Waals surface area contributed by atoms with Crippen molar-refractivity contribution in [3.63, 3.8) is 0 Å². The predicted octanol–water partition coefficient (Wildman–Crippen LogP) is 2.19. The quantitative estimate of drug-likeness (QED) is 0.713. The van der Waals surface area contributed by atoms with Crippen molar-refractivity contribution in [2.45, 2.75) is 20.8 Å². The van der Waals surface area contributed by atoms with Gasteiger partial charge in [-0.25, -0.2) is 4.98 Å². The van der Waals surface area contributed by atoms with Crippen LogP contribution >= 0.6 is 0 Å². The first-order chi connectivity index (χ1) is 6.27. The highest BCUT2D eigenvalue weighted by Crippen LogP contribution is 2.19. The predicted molar refractivity (Wildman–Crippen MR) is 51.3 cm³/mol. The average molecular weight is 181 g/mol. The summed E-state index contributed by atoms with van der Waals surface area (Å²) >= 11 is 0. The number of aryl methyl sites for hydroxylation is 1. The fourth-order valence-electron chi connectivity index (χ4n) is 1.07. The van der Waals surface area contributed by atoms with Crippen molar-refractivity contribution in [3.05, 3.63) is 17.8 Å². The number of hydrogen-bond acceptors (Lipinski definition) is 3. The van der Waals surface area contributed by atoms with E-state index in [9.17, 15) is 0 Å². The van der Waals surface area contributed by atoms with E-state index in [1.807, 2.05) is 26.8 Å². The fourth-order valence-corrected chi connectivity index (χ4v) is 1.07. The molecule has 0 N–H and O–H groups in total. The van der Waals surface area contributed by atoms with Gasteiger partial charge in [0.2, 0.25) is 5.88 Å². The molecule has 72 valence electrons. The Morgan fingerprint density at radius 1 is 1.23 bits per heavy atom. The first-order valence-corrected chi connectivity index (χ1v) is 4.50. The van der Waals surface area contributed by atoms with E-state index < -0.39 is 0 Å². The number of rotatable bonds is 4. The lowest BCUT2D eigenvalue weighted by molar-refractivity contribution is 0.316. The second-order valence-electron chi connectivity index (χ2n) is 2.66. The van der Waals surface area contributed by atoms with Crippen molar-refractivity contribution in [3.8, 4) is 11.6 Å². The van der Waals surface area contributed by atoms with Gasteiger partial charge in [0, 0.05) is 5.56 Å².